The molecule has 0 saturated carbocycles. The van der Waals surface area contributed by atoms with E-state index in [1.165, 1.54) is 0 Å². The molecule has 18 heavy (non-hydrogen) atoms. The largest absolute Gasteiger partial charge is 0.324 e. The van der Waals surface area contributed by atoms with Crippen LogP contribution in [0.3, 0.4) is 0 Å². The number of carbonyl (C=O) groups is 1. The highest BCUT2D eigenvalue weighted by Crippen LogP contribution is 2.20. The van der Waals surface area contributed by atoms with Crippen molar-refractivity contribution in [3.8, 4) is 11.8 Å². The molecule has 1 aromatic carbocycles. The van der Waals surface area contributed by atoms with Crippen molar-refractivity contribution in [3.05, 3.63) is 28.8 Å². The van der Waals surface area contributed by atoms with Crippen molar-refractivity contribution in [1.29, 1.82) is 0 Å². The number of nitrogens with zero attached hydrogens (tertiary/aromatic N) is 1. The first-order valence-electron chi connectivity index (χ1n) is 5.46. The summed E-state index contributed by atoms with van der Waals surface area (Å²) < 4.78 is 0. The molecule has 0 spiro atoms. The Morgan fingerprint density at radius 3 is 2.83 bits per heavy atom. The van der Waals surface area contributed by atoms with Crippen molar-refractivity contribution in [2.75, 3.05) is 32.5 Å². The summed E-state index contributed by atoms with van der Waals surface area (Å²) in [7, 11) is 3.65. The molecule has 0 fully saturated rings. The molecule has 0 radical (unpaired) electrons. The van der Waals surface area contributed by atoms with Gasteiger partial charge in [0.15, 0.2) is 0 Å². The number of rotatable bonds is 3. The number of carbonyl (C=O) groups excluding carboxylic acids is 1. The van der Waals surface area contributed by atoms with Crippen molar-refractivity contribution >= 4 is 23.2 Å². The lowest BCUT2D eigenvalue weighted by Crippen LogP contribution is -2.27. The summed E-state index contributed by atoms with van der Waals surface area (Å²) >= 11 is 5.91. The van der Waals surface area contributed by atoms with E-state index >= 15 is 0 Å². The Morgan fingerprint density at radius 1 is 1.50 bits per heavy atom. The molecule has 0 aromatic heterocycles. The molecule has 0 heterocycles. The summed E-state index contributed by atoms with van der Waals surface area (Å²) in [6, 6.07) is 5.16. The number of halogens is 1. The van der Waals surface area contributed by atoms with Gasteiger partial charge in [0.1, 0.15) is 0 Å². The second kappa shape index (κ2) is 7.02. The predicted molar refractivity (Wildman–Crippen MR) is 74.6 cm³/mol. The second-order valence-corrected chi connectivity index (χ2v) is 4.42. The Kier molecular flexibility index (Phi) is 5.66. The third-order valence-corrected chi connectivity index (χ3v) is 2.28. The number of benzene rings is 1. The maximum absolute atomic E-state index is 11.7. The third-order valence-electron chi connectivity index (χ3n) is 2.04. The summed E-state index contributed by atoms with van der Waals surface area (Å²) in [6.07, 6.45) is 0. The highest BCUT2D eigenvalue weighted by atomic mass is 35.5. The van der Waals surface area contributed by atoms with Gasteiger partial charge in [0, 0.05) is 10.6 Å². The van der Waals surface area contributed by atoms with E-state index in [1.807, 2.05) is 14.1 Å². The molecular weight excluding hydrogens is 250 g/mol. The van der Waals surface area contributed by atoms with Crippen molar-refractivity contribution in [2.24, 2.45) is 5.73 Å². The van der Waals surface area contributed by atoms with Crippen LogP contribution in [-0.2, 0) is 4.79 Å². The Hall–Kier alpha value is -1.54. The first-order chi connectivity index (χ1) is 8.52. The van der Waals surface area contributed by atoms with E-state index in [0.717, 1.165) is 0 Å². The van der Waals surface area contributed by atoms with Gasteiger partial charge in [0.05, 0.1) is 18.8 Å². The van der Waals surface area contributed by atoms with Gasteiger partial charge in [0.2, 0.25) is 5.91 Å². The first-order valence-corrected chi connectivity index (χ1v) is 5.84. The van der Waals surface area contributed by atoms with E-state index in [2.05, 4.69) is 17.2 Å². The molecule has 1 amide bonds. The fourth-order valence-corrected chi connectivity index (χ4v) is 1.52. The van der Waals surface area contributed by atoms with Crippen molar-refractivity contribution in [2.45, 2.75) is 0 Å². The van der Waals surface area contributed by atoms with Gasteiger partial charge in [-0.25, -0.2) is 0 Å². The standard InChI is InChI=1S/C13H16ClN3O/c1-17(2)9-13(18)16-12-8-11(14)6-5-10(12)4-3-7-15/h5-6,8H,7,9,15H2,1-2H3,(H,16,18). The van der Waals surface area contributed by atoms with Gasteiger partial charge in [-0.1, -0.05) is 23.4 Å². The van der Waals surface area contributed by atoms with Crippen LogP contribution >= 0.6 is 11.6 Å². The Morgan fingerprint density at radius 2 is 2.22 bits per heavy atom. The quantitative estimate of drug-likeness (QED) is 0.806. The fraction of sp³-hybridized carbons (Fsp3) is 0.308. The lowest BCUT2D eigenvalue weighted by molar-refractivity contribution is -0.116. The second-order valence-electron chi connectivity index (χ2n) is 3.98. The molecule has 1 aromatic rings. The van der Waals surface area contributed by atoms with Gasteiger partial charge >= 0.3 is 0 Å². The average Bonchev–Trinajstić information content (AvgIpc) is 2.26. The third kappa shape index (κ3) is 4.76. The number of hydrogen-bond acceptors (Lipinski definition) is 3. The van der Waals surface area contributed by atoms with Crippen LogP contribution in [0, 0.1) is 11.8 Å². The van der Waals surface area contributed by atoms with Gasteiger partial charge in [-0.05, 0) is 32.3 Å². The number of hydrogen-bond donors (Lipinski definition) is 2. The molecule has 1 rings (SSSR count). The summed E-state index contributed by atoms with van der Waals surface area (Å²) in [6.45, 7) is 0.573. The molecule has 0 aliphatic heterocycles. The molecular formula is C13H16ClN3O. The van der Waals surface area contributed by atoms with Gasteiger partial charge in [-0.15, -0.1) is 0 Å². The van der Waals surface area contributed by atoms with Crippen LogP contribution in [-0.4, -0.2) is 38.0 Å². The highest BCUT2D eigenvalue weighted by Gasteiger charge is 2.07. The molecule has 0 bridgehead atoms. The van der Waals surface area contributed by atoms with E-state index in [4.69, 9.17) is 17.3 Å². The van der Waals surface area contributed by atoms with Crippen LogP contribution in [0.2, 0.25) is 5.02 Å². The summed E-state index contributed by atoms with van der Waals surface area (Å²) in [4.78, 5) is 13.5. The van der Waals surface area contributed by atoms with Crippen LogP contribution in [0.5, 0.6) is 0 Å². The summed E-state index contributed by atoms with van der Waals surface area (Å²) in [5.41, 5.74) is 6.64. The molecule has 0 atom stereocenters. The van der Waals surface area contributed by atoms with E-state index in [0.29, 0.717) is 22.8 Å². The van der Waals surface area contributed by atoms with E-state index in [-0.39, 0.29) is 12.5 Å². The summed E-state index contributed by atoms with van der Waals surface area (Å²) in [5.74, 6) is 5.54. The zero-order valence-corrected chi connectivity index (χ0v) is 11.2. The molecule has 5 heteroatoms. The zero-order valence-electron chi connectivity index (χ0n) is 10.5. The lowest BCUT2D eigenvalue weighted by Gasteiger charge is -2.11. The van der Waals surface area contributed by atoms with E-state index in [1.54, 1.807) is 23.1 Å². The smallest absolute Gasteiger partial charge is 0.238 e. The molecule has 0 saturated heterocycles. The Balaban J connectivity index is 2.92. The van der Waals surface area contributed by atoms with Crippen LogP contribution in [0.25, 0.3) is 0 Å². The van der Waals surface area contributed by atoms with Gasteiger partial charge < -0.3 is 16.0 Å². The van der Waals surface area contributed by atoms with Crippen LogP contribution in [0.1, 0.15) is 5.56 Å². The van der Waals surface area contributed by atoms with E-state index < -0.39 is 0 Å². The monoisotopic (exact) mass is 265 g/mol. The predicted octanol–water partition coefficient (Wildman–Crippen LogP) is 1.15. The molecule has 4 nitrogen and oxygen atoms in total. The number of nitrogens with one attached hydrogen (secondary N) is 1. The SMILES string of the molecule is CN(C)CC(=O)Nc1cc(Cl)ccc1C#CCN. The average molecular weight is 266 g/mol. The number of nitrogens with two attached hydrogens (primary N) is 1. The molecule has 96 valence electrons. The molecule has 3 N–H and O–H groups in total. The van der Waals surface area contributed by atoms with Gasteiger partial charge in [-0.2, -0.15) is 0 Å². The molecule has 0 aliphatic carbocycles. The van der Waals surface area contributed by atoms with Gasteiger partial charge in [-0.3, -0.25) is 4.79 Å². The van der Waals surface area contributed by atoms with Crippen LogP contribution in [0.15, 0.2) is 18.2 Å². The zero-order chi connectivity index (χ0) is 13.5. The highest BCUT2D eigenvalue weighted by molar-refractivity contribution is 6.31. The van der Waals surface area contributed by atoms with E-state index in [9.17, 15) is 4.79 Å². The first kappa shape index (κ1) is 14.5. The van der Waals surface area contributed by atoms with Crippen LogP contribution in [0.4, 0.5) is 5.69 Å². The molecule has 0 aliphatic rings. The van der Waals surface area contributed by atoms with Crippen molar-refractivity contribution in [1.82, 2.24) is 4.90 Å². The lowest BCUT2D eigenvalue weighted by atomic mass is 10.2. The molecule has 0 unspecified atom stereocenters. The van der Waals surface area contributed by atoms with Crippen molar-refractivity contribution in [3.63, 3.8) is 0 Å². The Bertz CT molecular complexity index is 489. The summed E-state index contributed by atoms with van der Waals surface area (Å²) in [5, 5.41) is 3.33. The van der Waals surface area contributed by atoms with Crippen LogP contribution < -0.4 is 11.1 Å². The Labute approximate surface area is 112 Å². The number of anilines is 1. The maximum Gasteiger partial charge on any atom is 0.238 e. The number of likely N-dealkylation sites (N-methyl/N-ethyl adjacent to an activating group) is 1. The normalized spacial score (nSPS) is 9.83. The maximum atomic E-state index is 11.7. The minimum Gasteiger partial charge on any atom is -0.324 e. The minimum absolute atomic E-state index is 0.113. The minimum atomic E-state index is -0.113. The van der Waals surface area contributed by atoms with Crippen molar-refractivity contribution < 1.29 is 4.79 Å². The number of amides is 1. The van der Waals surface area contributed by atoms with Gasteiger partial charge in [0.25, 0.3) is 0 Å². The fourth-order valence-electron chi connectivity index (χ4n) is 1.35. The topological polar surface area (TPSA) is 58.4 Å².